The normalized spacial score (nSPS) is 12.2. The topological polar surface area (TPSA) is 63.6 Å². The molecule has 0 bridgehead atoms. The molecule has 0 aliphatic carbocycles. The highest BCUT2D eigenvalue weighted by molar-refractivity contribution is 5.93. The number of nitrogens with one attached hydrogen (secondary N) is 1. The third kappa shape index (κ3) is 4.25. The number of hydrogen-bond donors (Lipinski definition) is 1. The van der Waals surface area contributed by atoms with Gasteiger partial charge in [-0.3, -0.25) is 4.98 Å². The Morgan fingerprint density at radius 3 is 2.26 bits per heavy atom. The predicted molar refractivity (Wildman–Crippen MR) is 100 cm³/mol. The van der Waals surface area contributed by atoms with Crippen LogP contribution in [0.4, 0.5) is 37.8 Å². The first-order valence-electron chi connectivity index (χ1n) is 8.70. The molecule has 1 aromatic carbocycles. The molecule has 11 heteroatoms. The summed E-state index contributed by atoms with van der Waals surface area (Å²) in [6.07, 6.45) is -5.67. The zero-order valence-electron chi connectivity index (χ0n) is 15.3. The lowest BCUT2D eigenvalue weighted by Crippen LogP contribution is -2.08. The van der Waals surface area contributed by atoms with Gasteiger partial charge in [0.2, 0.25) is 0 Å². The van der Waals surface area contributed by atoms with Crippen molar-refractivity contribution in [1.82, 2.24) is 19.9 Å². The first-order chi connectivity index (χ1) is 14.6. The van der Waals surface area contributed by atoms with E-state index in [-0.39, 0.29) is 22.8 Å². The van der Waals surface area contributed by atoms with Gasteiger partial charge < -0.3 is 5.32 Å². The Bertz CT molecular complexity index is 1240. The molecule has 1 N–H and O–H groups in total. The summed E-state index contributed by atoms with van der Waals surface area (Å²) in [5.41, 5.74) is -1.36. The molecule has 0 amide bonds. The molecule has 4 rings (SSSR count). The second-order valence-corrected chi connectivity index (χ2v) is 6.41. The molecule has 0 atom stereocenters. The molecule has 3 aromatic heterocycles. The first-order valence-corrected chi connectivity index (χ1v) is 8.70. The minimum absolute atomic E-state index is 0.210. The highest BCUT2D eigenvalue weighted by Gasteiger charge is 2.34. The summed E-state index contributed by atoms with van der Waals surface area (Å²) < 4.78 is 77.9. The van der Waals surface area contributed by atoms with Crippen molar-refractivity contribution in [1.29, 1.82) is 0 Å². The molecule has 0 saturated carbocycles. The molecule has 4 aromatic rings. The van der Waals surface area contributed by atoms with Gasteiger partial charge in [-0.1, -0.05) is 6.07 Å². The highest BCUT2D eigenvalue weighted by Crippen LogP contribution is 2.37. The quantitative estimate of drug-likeness (QED) is 0.408. The van der Waals surface area contributed by atoms with Gasteiger partial charge in [0.15, 0.2) is 0 Å². The van der Waals surface area contributed by atoms with Gasteiger partial charge in [0.1, 0.15) is 17.8 Å². The van der Waals surface area contributed by atoms with Crippen molar-refractivity contribution < 1.29 is 26.3 Å². The molecular weight excluding hydrogens is 424 g/mol. The molecule has 3 heterocycles. The number of aromatic nitrogens is 4. The van der Waals surface area contributed by atoms with Crippen molar-refractivity contribution in [3.05, 3.63) is 72.4 Å². The molecular formula is C20H11F6N5. The number of halogens is 6. The van der Waals surface area contributed by atoms with Gasteiger partial charge in [-0.15, -0.1) is 0 Å². The van der Waals surface area contributed by atoms with Gasteiger partial charge in [0, 0.05) is 17.1 Å². The Labute approximate surface area is 170 Å². The number of benzene rings is 1. The second kappa shape index (κ2) is 7.49. The first kappa shape index (κ1) is 20.5. The van der Waals surface area contributed by atoms with Crippen molar-refractivity contribution >= 4 is 22.4 Å². The summed E-state index contributed by atoms with van der Waals surface area (Å²) in [6, 6.07) is 8.56. The molecule has 0 aliphatic rings. The predicted octanol–water partition coefficient (Wildman–Crippen LogP) is 5.87. The maximum atomic E-state index is 13.3. The van der Waals surface area contributed by atoms with Crippen LogP contribution in [0.2, 0.25) is 0 Å². The molecule has 0 unspecified atom stereocenters. The van der Waals surface area contributed by atoms with Gasteiger partial charge in [0.05, 0.1) is 28.7 Å². The fourth-order valence-electron chi connectivity index (χ4n) is 2.94. The second-order valence-electron chi connectivity index (χ2n) is 6.41. The fourth-order valence-corrected chi connectivity index (χ4v) is 2.94. The van der Waals surface area contributed by atoms with E-state index in [1.807, 2.05) is 0 Å². The molecule has 5 nitrogen and oxygen atoms in total. The van der Waals surface area contributed by atoms with Crippen LogP contribution in [0.3, 0.4) is 0 Å². The zero-order chi connectivity index (χ0) is 22.2. The van der Waals surface area contributed by atoms with E-state index in [1.165, 1.54) is 42.9 Å². The third-order valence-electron chi connectivity index (χ3n) is 4.34. The Morgan fingerprint density at radius 2 is 1.58 bits per heavy atom. The minimum Gasteiger partial charge on any atom is -0.338 e. The zero-order valence-corrected chi connectivity index (χ0v) is 15.3. The van der Waals surface area contributed by atoms with Crippen LogP contribution >= 0.6 is 0 Å². The lowest BCUT2D eigenvalue weighted by Gasteiger charge is -2.13. The van der Waals surface area contributed by atoms with Gasteiger partial charge in [-0.25, -0.2) is 15.0 Å². The summed E-state index contributed by atoms with van der Waals surface area (Å²) >= 11 is 0. The van der Waals surface area contributed by atoms with E-state index >= 15 is 0 Å². The van der Waals surface area contributed by atoms with Crippen LogP contribution in [0.1, 0.15) is 11.3 Å². The number of anilines is 2. The number of nitrogens with zero attached hydrogens (tertiary/aromatic N) is 4. The number of rotatable bonds is 3. The van der Waals surface area contributed by atoms with Crippen molar-refractivity contribution in [3.8, 4) is 11.3 Å². The van der Waals surface area contributed by atoms with E-state index in [2.05, 4.69) is 25.3 Å². The van der Waals surface area contributed by atoms with Gasteiger partial charge in [-0.05, 0) is 36.4 Å². The van der Waals surface area contributed by atoms with Crippen LogP contribution in [0.15, 0.2) is 61.2 Å². The molecule has 0 aliphatic heterocycles. The monoisotopic (exact) mass is 435 g/mol. The molecule has 0 fully saturated rings. The molecule has 0 radical (unpaired) electrons. The highest BCUT2D eigenvalue weighted by atomic mass is 19.4. The largest absolute Gasteiger partial charge is 0.433 e. The fraction of sp³-hybridized carbons (Fsp3) is 0.100. The Kier molecular flexibility index (Phi) is 4.96. The number of pyridine rings is 2. The van der Waals surface area contributed by atoms with Gasteiger partial charge in [-0.2, -0.15) is 26.3 Å². The van der Waals surface area contributed by atoms with Crippen molar-refractivity contribution in [2.24, 2.45) is 0 Å². The van der Waals surface area contributed by atoms with E-state index in [0.29, 0.717) is 10.9 Å². The third-order valence-corrected chi connectivity index (χ3v) is 4.34. The van der Waals surface area contributed by atoms with Crippen molar-refractivity contribution in [3.63, 3.8) is 0 Å². The maximum Gasteiger partial charge on any atom is 0.433 e. The van der Waals surface area contributed by atoms with Crippen LogP contribution in [0.5, 0.6) is 0 Å². The maximum absolute atomic E-state index is 13.3. The van der Waals surface area contributed by atoms with E-state index < -0.39 is 23.6 Å². The molecule has 0 saturated heterocycles. The lowest BCUT2D eigenvalue weighted by atomic mass is 10.0. The molecule has 158 valence electrons. The Morgan fingerprint density at radius 1 is 0.774 bits per heavy atom. The van der Waals surface area contributed by atoms with Crippen molar-refractivity contribution in [2.75, 3.05) is 5.32 Å². The number of hydrogen-bond acceptors (Lipinski definition) is 5. The van der Waals surface area contributed by atoms with E-state index in [4.69, 9.17) is 0 Å². The molecule has 31 heavy (non-hydrogen) atoms. The van der Waals surface area contributed by atoms with Gasteiger partial charge >= 0.3 is 12.4 Å². The Balaban J connectivity index is 1.70. The SMILES string of the molecule is FC(F)(F)c1ccc(Nc2ncnc3cc(-c4ncccc4C(F)(F)F)ccc23)cn1. The average Bonchev–Trinajstić information content (AvgIpc) is 2.73. The number of fused-ring (bicyclic) bond motifs is 1. The van der Waals surface area contributed by atoms with Gasteiger partial charge in [0.25, 0.3) is 0 Å². The van der Waals surface area contributed by atoms with Crippen LogP contribution in [0, 0.1) is 0 Å². The summed E-state index contributed by atoms with van der Waals surface area (Å²) in [7, 11) is 0. The van der Waals surface area contributed by atoms with Crippen LogP contribution in [0.25, 0.3) is 22.2 Å². The summed E-state index contributed by atoms with van der Waals surface area (Å²) in [4.78, 5) is 15.4. The standard InChI is InChI=1S/C20H11F6N5/c21-19(22,23)14-2-1-7-27-17(14)11-3-5-13-15(8-11)29-10-30-18(13)31-12-4-6-16(28-9-12)20(24,25)26/h1-10H,(H,29,30,31). The van der Waals surface area contributed by atoms with E-state index in [9.17, 15) is 26.3 Å². The molecule has 0 spiro atoms. The van der Waals surface area contributed by atoms with Crippen molar-refractivity contribution in [2.45, 2.75) is 12.4 Å². The number of alkyl halides is 6. The average molecular weight is 435 g/mol. The summed E-state index contributed by atoms with van der Waals surface area (Å²) in [6.45, 7) is 0. The Hall–Kier alpha value is -3.76. The lowest BCUT2D eigenvalue weighted by molar-refractivity contribution is -0.141. The summed E-state index contributed by atoms with van der Waals surface area (Å²) in [5, 5.41) is 3.30. The van der Waals surface area contributed by atoms with Crippen LogP contribution in [-0.2, 0) is 12.4 Å². The smallest absolute Gasteiger partial charge is 0.338 e. The minimum atomic E-state index is -4.58. The summed E-state index contributed by atoms with van der Waals surface area (Å²) in [5.74, 6) is 0.259. The van der Waals surface area contributed by atoms with Crippen LogP contribution in [-0.4, -0.2) is 19.9 Å². The van der Waals surface area contributed by atoms with Crippen LogP contribution < -0.4 is 5.32 Å². The van der Waals surface area contributed by atoms with E-state index in [0.717, 1.165) is 18.3 Å². The van der Waals surface area contributed by atoms with E-state index in [1.54, 1.807) is 0 Å².